The van der Waals surface area contributed by atoms with E-state index in [1.807, 2.05) is 19.1 Å². The van der Waals surface area contributed by atoms with Gasteiger partial charge in [-0.2, -0.15) is 0 Å². The van der Waals surface area contributed by atoms with Crippen LogP contribution in [0.1, 0.15) is 77.2 Å². The number of hydrogen-bond donors (Lipinski definition) is 1. The predicted octanol–water partition coefficient (Wildman–Crippen LogP) is 5.98. The maximum Gasteiger partial charge on any atom is 0.159 e. The van der Waals surface area contributed by atoms with Crippen molar-refractivity contribution in [2.45, 2.75) is 84.2 Å². The Hall–Kier alpha value is -1.94. The molecule has 1 N–H and O–H groups in total. The van der Waals surface area contributed by atoms with E-state index in [1.165, 1.54) is 50.5 Å². The fourth-order valence-electron chi connectivity index (χ4n) is 3.16. The summed E-state index contributed by atoms with van der Waals surface area (Å²) in [6.45, 7) is 4.81. The smallest absolute Gasteiger partial charge is 0.159 e. The second kappa shape index (κ2) is 13.3. The van der Waals surface area contributed by atoms with Crippen LogP contribution >= 0.6 is 0 Å². The highest BCUT2D eigenvalue weighted by Gasteiger charge is 2.04. The summed E-state index contributed by atoms with van der Waals surface area (Å²) in [7, 11) is 0. The van der Waals surface area contributed by atoms with Crippen molar-refractivity contribution in [3.05, 3.63) is 42.2 Å². The van der Waals surface area contributed by atoms with E-state index < -0.39 is 0 Å². The average Bonchev–Trinajstić information content (AvgIpc) is 2.72. The summed E-state index contributed by atoms with van der Waals surface area (Å²) in [5, 5.41) is 9.38. The number of hydrogen-bond acceptors (Lipinski definition) is 4. The molecule has 2 aromatic rings. The number of nitrogens with zero attached hydrogens (tertiary/aromatic N) is 2. The minimum absolute atomic E-state index is 0.263. The van der Waals surface area contributed by atoms with Gasteiger partial charge in [0.2, 0.25) is 0 Å². The van der Waals surface area contributed by atoms with Crippen molar-refractivity contribution in [2.75, 3.05) is 6.61 Å². The fourth-order valence-corrected chi connectivity index (χ4v) is 3.16. The zero-order valence-electron chi connectivity index (χ0n) is 17.6. The van der Waals surface area contributed by atoms with Crippen LogP contribution < -0.4 is 4.74 Å². The van der Waals surface area contributed by atoms with E-state index in [0.29, 0.717) is 5.82 Å². The number of benzene rings is 1. The van der Waals surface area contributed by atoms with Crippen LogP contribution in [0.4, 0.5) is 0 Å². The zero-order chi connectivity index (χ0) is 20.0. The maximum absolute atomic E-state index is 9.38. The molecule has 0 saturated carbocycles. The van der Waals surface area contributed by atoms with Gasteiger partial charge in [0, 0.05) is 5.56 Å². The SMILES string of the molecule is CCCCCCCCCCOc1cnc(-c2ccc(CCC(C)O)cc2)nc1. The monoisotopic (exact) mass is 384 g/mol. The molecular formula is C24H36N2O2. The van der Waals surface area contributed by atoms with Gasteiger partial charge in [-0.3, -0.25) is 0 Å². The van der Waals surface area contributed by atoms with Crippen molar-refractivity contribution in [1.29, 1.82) is 0 Å². The first-order valence-electron chi connectivity index (χ1n) is 10.9. The quantitative estimate of drug-likeness (QED) is 0.407. The van der Waals surface area contributed by atoms with Gasteiger partial charge in [-0.25, -0.2) is 9.97 Å². The lowest BCUT2D eigenvalue weighted by atomic mass is 10.1. The second-order valence-corrected chi connectivity index (χ2v) is 7.65. The highest BCUT2D eigenvalue weighted by atomic mass is 16.5. The van der Waals surface area contributed by atoms with Crippen LogP contribution in [0, 0.1) is 0 Å². The van der Waals surface area contributed by atoms with Crippen molar-refractivity contribution >= 4 is 0 Å². The average molecular weight is 385 g/mol. The predicted molar refractivity (Wildman–Crippen MR) is 116 cm³/mol. The summed E-state index contributed by atoms with van der Waals surface area (Å²) in [6, 6.07) is 8.23. The first-order valence-corrected chi connectivity index (χ1v) is 10.9. The van der Waals surface area contributed by atoms with Gasteiger partial charge in [-0.1, -0.05) is 76.1 Å². The van der Waals surface area contributed by atoms with Crippen LogP contribution in [0.25, 0.3) is 11.4 Å². The van der Waals surface area contributed by atoms with E-state index in [0.717, 1.165) is 37.2 Å². The molecule has 0 fully saturated rings. The van der Waals surface area contributed by atoms with Crippen LogP contribution in [0.15, 0.2) is 36.7 Å². The van der Waals surface area contributed by atoms with Crippen LogP contribution in [0.2, 0.25) is 0 Å². The van der Waals surface area contributed by atoms with Crippen LogP contribution in [-0.4, -0.2) is 27.8 Å². The lowest BCUT2D eigenvalue weighted by Crippen LogP contribution is -2.01. The summed E-state index contributed by atoms with van der Waals surface area (Å²) in [5.41, 5.74) is 2.21. The van der Waals surface area contributed by atoms with E-state index in [9.17, 15) is 5.11 Å². The number of aryl methyl sites for hydroxylation is 1. The van der Waals surface area contributed by atoms with Gasteiger partial charge in [0.1, 0.15) is 0 Å². The Balaban J connectivity index is 1.67. The molecule has 0 radical (unpaired) electrons. The molecule has 28 heavy (non-hydrogen) atoms. The minimum atomic E-state index is -0.263. The van der Waals surface area contributed by atoms with Gasteiger partial charge in [-0.15, -0.1) is 0 Å². The molecule has 154 valence electrons. The topological polar surface area (TPSA) is 55.2 Å². The third kappa shape index (κ3) is 8.83. The van der Waals surface area contributed by atoms with Gasteiger partial charge in [0.25, 0.3) is 0 Å². The highest BCUT2D eigenvalue weighted by molar-refractivity contribution is 5.55. The molecule has 0 aliphatic carbocycles. The Morgan fingerprint density at radius 3 is 2.11 bits per heavy atom. The van der Waals surface area contributed by atoms with Gasteiger partial charge < -0.3 is 9.84 Å². The summed E-state index contributed by atoms with van der Waals surface area (Å²) >= 11 is 0. The number of aromatic nitrogens is 2. The van der Waals surface area contributed by atoms with Gasteiger partial charge >= 0.3 is 0 Å². The molecule has 0 amide bonds. The molecular weight excluding hydrogens is 348 g/mol. The Kier molecular flexibility index (Phi) is 10.6. The molecule has 0 bridgehead atoms. The Bertz CT molecular complexity index is 639. The maximum atomic E-state index is 9.38. The third-order valence-corrected chi connectivity index (χ3v) is 4.96. The zero-order valence-corrected chi connectivity index (χ0v) is 17.6. The fraction of sp³-hybridized carbons (Fsp3) is 0.583. The van der Waals surface area contributed by atoms with E-state index in [-0.39, 0.29) is 6.10 Å². The number of aliphatic hydroxyl groups excluding tert-OH is 1. The molecule has 0 aliphatic heterocycles. The first-order chi connectivity index (χ1) is 13.7. The number of rotatable bonds is 14. The summed E-state index contributed by atoms with van der Waals surface area (Å²) < 4.78 is 5.77. The highest BCUT2D eigenvalue weighted by Crippen LogP contribution is 2.18. The van der Waals surface area contributed by atoms with Gasteiger partial charge in [0.05, 0.1) is 25.1 Å². The minimum Gasteiger partial charge on any atom is -0.490 e. The van der Waals surface area contributed by atoms with E-state index >= 15 is 0 Å². The van der Waals surface area contributed by atoms with Crippen LogP contribution in [0.3, 0.4) is 0 Å². The number of aliphatic hydroxyl groups is 1. The van der Waals surface area contributed by atoms with Crippen molar-refractivity contribution in [1.82, 2.24) is 9.97 Å². The molecule has 1 aromatic carbocycles. The van der Waals surface area contributed by atoms with Crippen molar-refractivity contribution in [2.24, 2.45) is 0 Å². The second-order valence-electron chi connectivity index (χ2n) is 7.65. The Morgan fingerprint density at radius 1 is 0.893 bits per heavy atom. The molecule has 0 spiro atoms. The van der Waals surface area contributed by atoms with Crippen molar-refractivity contribution < 1.29 is 9.84 Å². The summed E-state index contributed by atoms with van der Waals surface area (Å²) in [4.78, 5) is 8.87. The number of ether oxygens (including phenoxy) is 1. The molecule has 2 rings (SSSR count). The summed E-state index contributed by atoms with van der Waals surface area (Å²) in [6.07, 6.45) is 15.3. The lowest BCUT2D eigenvalue weighted by molar-refractivity contribution is 0.185. The largest absolute Gasteiger partial charge is 0.490 e. The van der Waals surface area contributed by atoms with E-state index in [2.05, 4.69) is 29.0 Å². The van der Waals surface area contributed by atoms with Crippen LogP contribution in [0.5, 0.6) is 5.75 Å². The lowest BCUT2D eigenvalue weighted by Gasteiger charge is -2.07. The van der Waals surface area contributed by atoms with E-state index in [1.54, 1.807) is 12.4 Å². The van der Waals surface area contributed by atoms with Crippen molar-refractivity contribution in [3.63, 3.8) is 0 Å². The molecule has 1 unspecified atom stereocenters. The molecule has 0 aliphatic rings. The Morgan fingerprint density at radius 2 is 1.50 bits per heavy atom. The molecule has 4 heteroatoms. The molecule has 1 heterocycles. The molecule has 1 atom stereocenters. The standard InChI is InChI=1S/C24H36N2O2/c1-3-4-5-6-7-8-9-10-17-28-23-18-25-24(26-19-23)22-15-13-21(14-16-22)12-11-20(2)27/h13-16,18-20,27H,3-12,17H2,1-2H3. The van der Waals surface area contributed by atoms with Gasteiger partial charge in [-0.05, 0) is 31.7 Å². The van der Waals surface area contributed by atoms with Crippen LogP contribution in [-0.2, 0) is 6.42 Å². The Labute approximate surface area is 170 Å². The summed E-state index contributed by atoms with van der Waals surface area (Å²) in [5.74, 6) is 1.45. The van der Waals surface area contributed by atoms with Gasteiger partial charge in [0.15, 0.2) is 11.6 Å². The van der Waals surface area contributed by atoms with Crippen molar-refractivity contribution in [3.8, 4) is 17.1 Å². The molecule has 0 saturated heterocycles. The normalized spacial score (nSPS) is 12.1. The first kappa shape index (κ1) is 22.4. The van der Waals surface area contributed by atoms with E-state index in [4.69, 9.17) is 4.74 Å². The molecule has 1 aromatic heterocycles. The molecule has 4 nitrogen and oxygen atoms in total. The third-order valence-electron chi connectivity index (χ3n) is 4.96. The number of unbranched alkanes of at least 4 members (excludes halogenated alkanes) is 7.